The summed E-state index contributed by atoms with van der Waals surface area (Å²) in [5.74, 6) is 0.966. The van der Waals surface area contributed by atoms with Crippen LogP contribution in [-0.2, 0) is 9.53 Å². The number of carbonyl (C=O) groups is 1. The first-order chi connectivity index (χ1) is 8.58. The SMILES string of the molecule is CCCOC(=O)C(CC)Sc1n[nH]c(C(C)C)n1. The molecule has 1 N–H and O–H groups in total. The van der Waals surface area contributed by atoms with E-state index in [0.29, 0.717) is 24.1 Å². The minimum atomic E-state index is -0.229. The smallest absolute Gasteiger partial charge is 0.319 e. The second-order valence-electron chi connectivity index (χ2n) is 4.34. The van der Waals surface area contributed by atoms with Crippen molar-refractivity contribution in [3.63, 3.8) is 0 Å². The fourth-order valence-electron chi connectivity index (χ4n) is 1.29. The number of nitrogens with zero attached hydrogens (tertiary/aromatic N) is 2. The lowest BCUT2D eigenvalue weighted by atomic mass is 10.2. The molecule has 1 aromatic heterocycles. The molecule has 6 heteroatoms. The van der Waals surface area contributed by atoms with Gasteiger partial charge in [-0.1, -0.05) is 39.5 Å². The average Bonchev–Trinajstić information content (AvgIpc) is 2.81. The summed E-state index contributed by atoms with van der Waals surface area (Å²) in [6, 6.07) is 0. The van der Waals surface area contributed by atoms with Crippen LogP contribution in [0.1, 0.15) is 52.3 Å². The number of thioether (sulfide) groups is 1. The summed E-state index contributed by atoms with van der Waals surface area (Å²) in [6.07, 6.45) is 1.55. The molecule has 1 aromatic rings. The van der Waals surface area contributed by atoms with Gasteiger partial charge < -0.3 is 4.74 Å². The zero-order valence-electron chi connectivity index (χ0n) is 11.4. The molecule has 1 atom stereocenters. The van der Waals surface area contributed by atoms with Crippen LogP contribution >= 0.6 is 11.8 Å². The molecule has 0 amide bonds. The van der Waals surface area contributed by atoms with Crippen molar-refractivity contribution in [3.05, 3.63) is 5.82 Å². The number of H-pyrrole nitrogens is 1. The summed E-state index contributed by atoms with van der Waals surface area (Å²) in [5.41, 5.74) is 0. The Kier molecular flexibility index (Phi) is 6.18. The Bertz CT molecular complexity index is 379. The van der Waals surface area contributed by atoms with Crippen LogP contribution in [0.3, 0.4) is 0 Å². The summed E-state index contributed by atoms with van der Waals surface area (Å²) in [4.78, 5) is 16.1. The molecule has 0 aromatic carbocycles. The van der Waals surface area contributed by atoms with E-state index in [9.17, 15) is 4.79 Å². The Labute approximate surface area is 112 Å². The number of esters is 1. The van der Waals surface area contributed by atoms with E-state index in [1.165, 1.54) is 11.8 Å². The van der Waals surface area contributed by atoms with Crippen molar-refractivity contribution in [2.75, 3.05) is 6.61 Å². The number of ether oxygens (including phenoxy) is 1. The first-order valence-corrected chi connectivity index (χ1v) is 7.22. The van der Waals surface area contributed by atoms with Gasteiger partial charge in [-0.25, -0.2) is 4.98 Å². The van der Waals surface area contributed by atoms with Crippen molar-refractivity contribution in [1.82, 2.24) is 15.2 Å². The van der Waals surface area contributed by atoms with E-state index < -0.39 is 0 Å². The van der Waals surface area contributed by atoms with Gasteiger partial charge in [0, 0.05) is 5.92 Å². The number of hydrogen-bond donors (Lipinski definition) is 1. The number of rotatable bonds is 7. The quantitative estimate of drug-likeness (QED) is 0.610. The third-order valence-corrected chi connectivity index (χ3v) is 3.56. The second-order valence-corrected chi connectivity index (χ2v) is 5.51. The van der Waals surface area contributed by atoms with Crippen molar-refractivity contribution in [1.29, 1.82) is 0 Å². The van der Waals surface area contributed by atoms with Gasteiger partial charge in [0.25, 0.3) is 0 Å². The minimum Gasteiger partial charge on any atom is -0.465 e. The zero-order chi connectivity index (χ0) is 13.5. The number of hydrogen-bond acceptors (Lipinski definition) is 5. The highest BCUT2D eigenvalue weighted by Crippen LogP contribution is 2.24. The van der Waals surface area contributed by atoms with Crippen LogP contribution in [0.4, 0.5) is 0 Å². The molecule has 5 nitrogen and oxygen atoms in total. The Balaban J connectivity index is 2.58. The molecule has 0 saturated heterocycles. The summed E-state index contributed by atoms with van der Waals surface area (Å²) >= 11 is 1.36. The molecule has 0 bridgehead atoms. The molecule has 0 aliphatic carbocycles. The Morgan fingerprint density at radius 2 is 2.17 bits per heavy atom. The molecule has 0 fully saturated rings. The van der Waals surface area contributed by atoms with Crippen LogP contribution in [0.5, 0.6) is 0 Å². The van der Waals surface area contributed by atoms with Crippen LogP contribution in [0, 0.1) is 0 Å². The highest BCUT2D eigenvalue weighted by atomic mass is 32.2. The van der Waals surface area contributed by atoms with Crippen LogP contribution in [0.2, 0.25) is 0 Å². The molecule has 18 heavy (non-hydrogen) atoms. The maximum absolute atomic E-state index is 11.8. The van der Waals surface area contributed by atoms with E-state index >= 15 is 0 Å². The lowest BCUT2D eigenvalue weighted by Crippen LogP contribution is -2.20. The van der Waals surface area contributed by atoms with Gasteiger partial charge in [0.15, 0.2) is 0 Å². The lowest BCUT2D eigenvalue weighted by Gasteiger charge is -2.11. The number of nitrogens with one attached hydrogen (secondary N) is 1. The Morgan fingerprint density at radius 3 is 2.67 bits per heavy atom. The van der Waals surface area contributed by atoms with Gasteiger partial charge in [-0.05, 0) is 12.8 Å². The molecule has 1 unspecified atom stereocenters. The van der Waals surface area contributed by atoms with E-state index in [-0.39, 0.29) is 11.2 Å². The summed E-state index contributed by atoms with van der Waals surface area (Å²) in [5, 5.41) is 7.37. The van der Waals surface area contributed by atoms with Crippen LogP contribution < -0.4 is 0 Å². The van der Waals surface area contributed by atoms with Crippen LogP contribution in [0.15, 0.2) is 5.16 Å². The Morgan fingerprint density at radius 1 is 1.44 bits per heavy atom. The van der Waals surface area contributed by atoms with Crippen molar-refractivity contribution < 1.29 is 9.53 Å². The predicted octanol–water partition coefficient (Wildman–Crippen LogP) is 2.75. The predicted molar refractivity (Wildman–Crippen MR) is 71.7 cm³/mol. The van der Waals surface area contributed by atoms with Gasteiger partial charge in [-0.15, -0.1) is 5.10 Å². The topological polar surface area (TPSA) is 67.9 Å². The maximum atomic E-state index is 11.8. The van der Waals surface area contributed by atoms with Gasteiger partial charge in [0.2, 0.25) is 5.16 Å². The standard InChI is InChI=1S/C12H21N3O2S/c1-5-7-17-11(16)9(6-2)18-12-13-10(8(3)4)14-15-12/h8-9H,5-7H2,1-4H3,(H,13,14,15). The van der Waals surface area contributed by atoms with Gasteiger partial charge in [-0.3, -0.25) is 9.89 Å². The molecule has 0 spiro atoms. The van der Waals surface area contributed by atoms with E-state index in [2.05, 4.69) is 15.2 Å². The summed E-state index contributed by atoms with van der Waals surface area (Å²) in [7, 11) is 0. The minimum absolute atomic E-state index is 0.180. The van der Waals surface area contributed by atoms with E-state index in [1.807, 2.05) is 27.7 Å². The third kappa shape index (κ3) is 4.33. The maximum Gasteiger partial charge on any atom is 0.319 e. The normalized spacial score (nSPS) is 12.7. The van der Waals surface area contributed by atoms with Gasteiger partial charge in [0.1, 0.15) is 11.1 Å². The summed E-state index contributed by atoms with van der Waals surface area (Å²) in [6.45, 7) is 8.50. The first kappa shape index (κ1) is 15.0. The molecule has 0 saturated carbocycles. The molecular weight excluding hydrogens is 250 g/mol. The zero-order valence-corrected chi connectivity index (χ0v) is 12.2. The monoisotopic (exact) mass is 271 g/mol. The van der Waals surface area contributed by atoms with Crippen LogP contribution in [-0.4, -0.2) is 33.0 Å². The van der Waals surface area contributed by atoms with E-state index in [4.69, 9.17) is 4.74 Å². The van der Waals surface area contributed by atoms with Gasteiger partial charge in [0.05, 0.1) is 6.61 Å². The highest BCUT2D eigenvalue weighted by molar-refractivity contribution is 8.00. The third-order valence-electron chi connectivity index (χ3n) is 2.36. The molecule has 0 aliphatic rings. The van der Waals surface area contributed by atoms with Gasteiger partial charge >= 0.3 is 5.97 Å². The Hall–Kier alpha value is -1.04. The number of aromatic amines is 1. The van der Waals surface area contributed by atoms with Crippen molar-refractivity contribution in [2.24, 2.45) is 0 Å². The second kappa shape index (κ2) is 7.41. The molecule has 0 radical (unpaired) electrons. The lowest BCUT2D eigenvalue weighted by molar-refractivity contribution is -0.143. The molecule has 1 rings (SSSR count). The fourth-order valence-corrected chi connectivity index (χ4v) is 2.12. The molecule has 0 aliphatic heterocycles. The first-order valence-electron chi connectivity index (χ1n) is 6.34. The van der Waals surface area contributed by atoms with E-state index in [0.717, 1.165) is 12.2 Å². The molecule has 1 heterocycles. The van der Waals surface area contributed by atoms with Crippen LogP contribution in [0.25, 0.3) is 0 Å². The number of aromatic nitrogens is 3. The van der Waals surface area contributed by atoms with Crippen molar-refractivity contribution in [3.8, 4) is 0 Å². The summed E-state index contributed by atoms with van der Waals surface area (Å²) < 4.78 is 5.15. The highest BCUT2D eigenvalue weighted by Gasteiger charge is 2.21. The number of carbonyl (C=O) groups excluding carboxylic acids is 1. The average molecular weight is 271 g/mol. The molecular formula is C12H21N3O2S. The fraction of sp³-hybridized carbons (Fsp3) is 0.750. The van der Waals surface area contributed by atoms with Crippen molar-refractivity contribution >= 4 is 17.7 Å². The molecule has 102 valence electrons. The van der Waals surface area contributed by atoms with E-state index in [1.54, 1.807) is 0 Å². The van der Waals surface area contributed by atoms with Crippen molar-refractivity contribution in [2.45, 2.75) is 56.9 Å². The van der Waals surface area contributed by atoms with Gasteiger partial charge in [-0.2, -0.15) is 0 Å². The largest absolute Gasteiger partial charge is 0.465 e.